The molecule has 1 aliphatic heterocycles. The van der Waals surface area contributed by atoms with E-state index in [0.717, 1.165) is 24.9 Å². The quantitative estimate of drug-likeness (QED) is 0.402. The lowest BCUT2D eigenvalue weighted by atomic mass is 10.1. The third-order valence-electron chi connectivity index (χ3n) is 5.92. The molecule has 2 heterocycles. The second kappa shape index (κ2) is 10.2. The monoisotopic (exact) mass is 443 g/mol. The SMILES string of the molecule is Cc1ccccc1C(=O)N/C(=C\c1ccco1)C(=O)NCCCN1c2ccccc2CC1C. The highest BCUT2D eigenvalue weighted by atomic mass is 16.3. The van der Waals surface area contributed by atoms with Crippen LogP contribution < -0.4 is 15.5 Å². The van der Waals surface area contributed by atoms with E-state index in [2.05, 4.69) is 46.7 Å². The number of fused-ring (bicyclic) bond motifs is 1. The van der Waals surface area contributed by atoms with Gasteiger partial charge in [0.25, 0.3) is 11.8 Å². The maximum atomic E-state index is 12.9. The number of carbonyl (C=O) groups is 2. The van der Waals surface area contributed by atoms with Gasteiger partial charge in [0.2, 0.25) is 0 Å². The smallest absolute Gasteiger partial charge is 0.267 e. The molecular formula is C27H29N3O3. The van der Waals surface area contributed by atoms with Crippen molar-refractivity contribution < 1.29 is 14.0 Å². The van der Waals surface area contributed by atoms with Crippen LogP contribution in [0.5, 0.6) is 0 Å². The molecule has 6 nitrogen and oxygen atoms in total. The zero-order valence-electron chi connectivity index (χ0n) is 19.0. The highest BCUT2D eigenvalue weighted by Gasteiger charge is 2.24. The van der Waals surface area contributed by atoms with Crippen LogP contribution in [0.4, 0.5) is 5.69 Å². The number of amides is 2. The molecule has 4 rings (SSSR count). The third kappa shape index (κ3) is 5.34. The number of nitrogens with zero attached hydrogens (tertiary/aromatic N) is 1. The van der Waals surface area contributed by atoms with E-state index >= 15 is 0 Å². The van der Waals surface area contributed by atoms with E-state index in [9.17, 15) is 9.59 Å². The van der Waals surface area contributed by atoms with Crippen molar-refractivity contribution in [3.05, 3.63) is 95.1 Å². The number of carbonyl (C=O) groups excluding carboxylic acids is 2. The molecule has 0 spiro atoms. The molecule has 0 bridgehead atoms. The lowest BCUT2D eigenvalue weighted by Crippen LogP contribution is -2.37. The van der Waals surface area contributed by atoms with E-state index in [1.165, 1.54) is 17.5 Å². The summed E-state index contributed by atoms with van der Waals surface area (Å²) in [6.45, 7) is 5.44. The first kappa shape index (κ1) is 22.4. The number of furan rings is 1. The number of hydrogen-bond donors (Lipinski definition) is 2. The molecule has 0 radical (unpaired) electrons. The number of aryl methyl sites for hydroxylation is 1. The van der Waals surface area contributed by atoms with Gasteiger partial charge in [0.1, 0.15) is 11.5 Å². The predicted octanol–water partition coefficient (Wildman–Crippen LogP) is 4.32. The third-order valence-corrected chi connectivity index (χ3v) is 5.92. The molecule has 2 amide bonds. The number of hydrogen-bond acceptors (Lipinski definition) is 4. The molecule has 2 N–H and O–H groups in total. The molecule has 1 unspecified atom stereocenters. The van der Waals surface area contributed by atoms with Gasteiger partial charge in [0.15, 0.2) is 0 Å². The first-order valence-corrected chi connectivity index (χ1v) is 11.3. The summed E-state index contributed by atoms with van der Waals surface area (Å²) in [5.41, 5.74) is 4.17. The Balaban J connectivity index is 1.38. The number of anilines is 1. The Kier molecular flexibility index (Phi) is 6.93. The minimum atomic E-state index is -0.344. The molecular weight excluding hydrogens is 414 g/mol. The summed E-state index contributed by atoms with van der Waals surface area (Å²) in [7, 11) is 0. The second-order valence-electron chi connectivity index (χ2n) is 8.33. The lowest BCUT2D eigenvalue weighted by molar-refractivity contribution is -0.117. The predicted molar refractivity (Wildman–Crippen MR) is 130 cm³/mol. The summed E-state index contributed by atoms with van der Waals surface area (Å²) < 4.78 is 5.35. The summed E-state index contributed by atoms with van der Waals surface area (Å²) in [6, 6.07) is 19.7. The first-order chi connectivity index (χ1) is 16.0. The van der Waals surface area contributed by atoms with E-state index in [-0.39, 0.29) is 17.5 Å². The molecule has 33 heavy (non-hydrogen) atoms. The molecule has 1 aromatic heterocycles. The van der Waals surface area contributed by atoms with Gasteiger partial charge in [-0.2, -0.15) is 0 Å². The maximum absolute atomic E-state index is 12.9. The van der Waals surface area contributed by atoms with Gasteiger partial charge < -0.3 is 20.0 Å². The molecule has 0 saturated carbocycles. The van der Waals surface area contributed by atoms with Crippen LogP contribution in [0, 0.1) is 6.92 Å². The normalized spacial score (nSPS) is 15.3. The van der Waals surface area contributed by atoms with Crippen LogP contribution in [0.2, 0.25) is 0 Å². The Morgan fingerprint density at radius 1 is 1.09 bits per heavy atom. The van der Waals surface area contributed by atoms with Crippen molar-refractivity contribution in [2.45, 2.75) is 32.7 Å². The minimum Gasteiger partial charge on any atom is -0.465 e. The van der Waals surface area contributed by atoms with Gasteiger partial charge in [-0.05, 0) is 62.1 Å². The van der Waals surface area contributed by atoms with Crippen molar-refractivity contribution in [2.24, 2.45) is 0 Å². The van der Waals surface area contributed by atoms with Crippen LogP contribution in [-0.4, -0.2) is 30.9 Å². The van der Waals surface area contributed by atoms with Gasteiger partial charge in [0.05, 0.1) is 6.26 Å². The van der Waals surface area contributed by atoms with E-state index in [0.29, 0.717) is 23.9 Å². The van der Waals surface area contributed by atoms with Crippen LogP contribution in [0.15, 0.2) is 77.0 Å². The second-order valence-corrected chi connectivity index (χ2v) is 8.33. The Morgan fingerprint density at radius 3 is 2.67 bits per heavy atom. The summed E-state index contributed by atoms with van der Waals surface area (Å²) in [6.07, 6.45) is 4.91. The van der Waals surface area contributed by atoms with Crippen LogP contribution in [-0.2, 0) is 11.2 Å². The highest BCUT2D eigenvalue weighted by Crippen LogP contribution is 2.31. The first-order valence-electron chi connectivity index (χ1n) is 11.3. The van der Waals surface area contributed by atoms with Crippen LogP contribution >= 0.6 is 0 Å². The summed E-state index contributed by atoms with van der Waals surface area (Å²) in [5, 5.41) is 5.69. The molecule has 0 saturated heterocycles. The average molecular weight is 444 g/mol. The molecule has 3 aromatic rings. The van der Waals surface area contributed by atoms with Crippen molar-refractivity contribution in [1.82, 2.24) is 10.6 Å². The van der Waals surface area contributed by atoms with E-state index in [1.54, 1.807) is 30.3 Å². The summed E-state index contributed by atoms with van der Waals surface area (Å²) in [5.74, 6) is -0.181. The summed E-state index contributed by atoms with van der Waals surface area (Å²) >= 11 is 0. The fourth-order valence-corrected chi connectivity index (χ4v) is 4.21. The number of rotatable bonds is 8. The van der Waals surface area contributed by atoms with Crippen molar-refractivity contribution >= 4 is 23.6 Å². The largest absolute Gasteiger partial charge is 0.465 e. The van der Waals surface area contributed by atoms with Crippen molar-refractivity contribution in [2.75, 3.05) is 18.0 Å². The van der Waals surface area contributed by atoms with Gasteiger partial charge in [-0.3, -0.25) is 9.59 Å². The zero-order valence-corrected chi connectivity index (χ0v) is 19.0. The average Bonchev–Trinajstić information content (AvgIpc) is 3.43. The molecule has 1 atom stereocenters. The molecule has 170 valence electrons. The van der Waals surface area contributed by atoms with Gasteiger partial charge in [-0.25, -0.2) is 0 Å². The van der Waals surface area contributed by atoms with E-state index < -0.39 is 0 Å². The fraction of sp³-hybridized carbons (Fsp3) is 0.259. The van der Waals surface area contributed by atoms with Crippen molar-refractivity contribution in [3.63, 3.8) is 0 Å². The number of para-hydroxylation sites is 1. The fourth-order valence-electron chi connectivity index (χ4n) is 4.21. The molecule has 6 heteroatoms. The van der Waals surface area contributed by atoms with Gasteiger partial charge in [-0.15, -0.1) is 0 Å². The van der Waals surface area contributed by atoms with Crippen molar-refractivity contribution in [1.29, 1.82) is 0 Å². The number of benzene rings is 2. The van der Waals surface area contributed by atoms with Gasteiger partial charge >= 0.3 is 0 Å². The maximum Gasteiger partial charge on any atom is 0.267 e. The van der Waals surface area contributed by atoms with Crippen LogP contribution in [0.1, 0.15) is 40.6 Å². The molecule has 1 aliphatic rings. The Hall–Kier alpha value is -3.80. The van der Waals surface area contributed by atoms with Crippen molar-refractivity contribution in [3.8, 4) is 0 Å². The van der Waals surface area contributed by atoms with Gasteiger partial charge in [0, 0.05) is 36.5 Å². The molecule has 0 aliphatic carbocycles. The van der Waals surface area contributed by atoms with E-state index in [1.807, 2.05) is 19.1 Å². The van der Waals surface area contributed by atoms with Gasteiger partial charge in [-0.1, -0.05) is 36.4 Å². The summed E-state index contributed by atoms with van der Waals surface area (Å²) in [4.78, 5) is 28.1. The number of nitrogens with one attached hydrogen (secondary N) is 2. The molecule has 0 fully saturated rings. The standard InChI is InChI=1S/C27H29N3O3/c1-19-9-3-5-12-23(19)26(31)29-24(18-22-11-7-16-33-22)27(32)28-14-8-15-30-20(2)17-21-10-4-6-13-25(21)30/h3-7,9-13,16,18,20H,8,14-15,17H2,1-2H3,(H,28,32)(H,29,31)/b24-18-. The zero-order chi connectivity index (χ0) is 23.2. The van der Waals surface area contributed by atoms with E-state index in [4.69, 9.17) is 4.42 Å². The molecule has 2 aromatic carbocycles. The topological polar surface area (TPSA) is 74.6 Å². The Morgan fingerprint density at radius 2 is 1.88 bits per heavy atom. The Bertz CT molecular complexity index is 1150. The minimum absolute atomic E-state index is 0.151. The highest BCUT2D eigenvalue weighted by molar-refractivity contribution is 6.05. The van der Waals surface area contributed by atoms with Crippen LogP contribution in [0.25, 0.3) is 6.08 Å². The Labute approximate surface area is 194 Å². The van der Waals surface area contributed by atoms with Crippen LogP contribution in [0.3, 0.4) is 0 Å². The lowest BCUT2D eigenvalue weighted by Gasteiger charge is -2.25.